The molecule has 0 aliphatic heterocycles. The van der Waals surface area contributed by atoms with Crippen LogP contribution in [0.3, 0.4) is 0 Å². The van der Waals surface area contributed by atoms with Crippen molar-refractivity contribution in [3.63, 3.8) is 0 Å². The van der Waals surface area contributed by atoms with Crippen molar-refractivity contribution >= 4 is 0 Å². The van der Waals surface area contributed by atoms with Gasteiger partial charge in [-0.1, -0.05) is 12.1 Å². The Morgan fingerprint density at radius 3 is 2.30 bits per heavy atom. The van der Waals surface area contributed by atoms with Gasteiger partial charge in [0, 0.05) is 18.1 Å². The highest BCUT2D eigenvalue weighted by Gasteiger charge is 2.14. The van der Waals surface area contributed by atoms with Crippen LogP contribution < -0.4 is 9.47 Å². The lowest BCUT2D eigenvalue weighted by Crippen LogP contribution is -2.04. The lowest BCUT2D eigenvalue weighted by atomic mass is 10.0. The molecule has 2 N–H and O–H groups in total. The molecule has 1 atom stereocenters. The van der Waals surface area contributed by atoms with E-state index in [2.05, 4.69) is 0 Å². The third-order valence-electron chi connectivity index (χ3n) is 3.17. The Morgan fingerprint density at radius 1 is 1.00 bits per heavy atom. The fourth-order valence-electron chi connectivity index (χ4n) is 2.06. The van der Waals surface area contributed by atoms with E-state index < -0.39 is 6.10 Å². The number of phenols is 1. The van der Waals surface area contributed by atoms with E-state index in [0.717, 1.165) is 5.56 Å². The Hall–Kier alpha value is -2.20. The van der Waals surface area contributed by atoms with Crippen LogP contribution in [0.4, 0.5) is 0 Å². The molecule has 106 valence electrons. The second-order valence-corrected chi connectivity index (χ2v) is 4.49. The summed E-state index contributed by atoms with van der Waals surface area (Å²) in [5.41, 5.74) is 1.65. The Kier molecular flexibility index (Phi) is 4.48. The number of hydrogen-bond acceptors (Lipinski definition) is 4. The predicted molar refractivity (Wildman–Crippen MR) is 76.3 cm³/mol. The van der Waals surface area contributed by atoms with Crippen LogP contribution in [-0.2, 0) is 6.42 Å². The summed E-state index contributed by atoms with van der Waals surface area (Å²) in [5, 5.41) is 19.6. The number of aliphatic hydroxyl groups is 1. The monoisotopic (exact) mass is 274 g/mol. The van der Waals surface area contributed by atoms with E-state index in [9.17, 15) is 10.2 Å². The maximum absolute atomic E-state index is 10.3. The number of ether oxygens (including phenoxy) is 2. The number of aliphatic hydroxyl groups excluding tert-OH is 1. The van der Waals surface area contributed by atoms with Crippen molar-refractivity contribution in [2.75, 3.05) is 14.2 Å². The first kappa shape index (κ1) is 14.2. The van der Waals surface area contributed by atoms with Crippen molar-refractivity contribution in [2.24, 2.45) is 0 Å². The number of benzene rings is 2. The van der Waals surface area contributed by atoms with Crippen LogP contribution >= 0.6 is 0 Å². The second-order valence-electron chi connectivity index (χ2n) is 4.49. The topological polar surface area (TPSA) is 58.9 Å². The Labute approximate surface area is 118 Å². The molecule has 0 fully saturated rings. The SMILES string of the molecule is COc1ccc(C(O)Cc2ccc(O)cc2)c(OC)c1. The molecule has 0 aliphatic rings. The molecule has 0 aliphatic carbocycles. The minimum Gasteiger partial charge on any atom is -0.508 e. The van der Waals surface area contributed by atoms with Gasteiger partial charge in [0.25, 0.3) is 0 Å². The molecule has 0 saturated heterocycles. The van der Waals surface area contributed by atoms with Gasteiger partial charge in [-0.05, 0) is 29.8 Å². The van der Waals surface area contributed by atoms with Crippen molar-refractivity contribution in [3.8, 4) is 17.2 Å². The first-order valence-electron chi connectivity index (χ1n) is 6.32. The van der Waals surface area contributed by atoms with Gasteiger partial charge >= 0.3 is 0 Å². The van der Waals surface area contributed by atoms with Crippen LogP contribution in [0, 0.1) is 0 Å². The minimum atomic E-state index is -0.680. The van der Waals surface area contributed by atoms with Gasteiger partial charge in [0.05, 0.1) is 20.3 Å². The number of rotatable bonds is 5. The third kappa shape index (κ3) is 3.22. The van der Waals surface area contributed by atoms with Gasteiger partial charge < -0.3 is 19.7 Å². The number of hydrogen-bond donors (Lipinski definition) is 2. The fraction of sp³-hybridized carbons (Fsp3) is 0.250. The van der Waals surface area contributed by atoms with E-state index in [4.69, 9.17) is 9.47 Å². The summed E-state index contributed by atoms with van der Waals surface area (Å²) in [4.78, 5) is 0. The second kappa shape index (κ2) is 6.30. The molecular formula is C16H18O4. The quantitative estimate of drug-likeness (QED) is 0.880. The molecule has 4 nitrogen and oxygen atoms in total. The zero-order valence-corrected chi connectivity index (χ0v) is 11.5. The highest BCUT2D eigenvalue weighted by atomic mass is 16.5. The van der Waals surface area contributed by atoms with Crippen molar-refractivity contribution in [1.29, 1.82) is 0 Å². The van der Waals surface area contributed by atoms with Crippen LogP contribution in [0.15, 0.2) is 42.5 Å². The largest absolute Gasteiger partial charge is 0.508 e. The van der Waals surface area contributed by atoms with E-state index in [1.54, 1.807) is 56.7 Å². The molecule has 2 aromatic carbocycles. The summed E-state index contributed by atoms with van der Waals surface area (Å²) in [6.07, 6.45) is -0.233. The Morgan fingerprint density at radius 2 is 1.70 bits per heavy atom. The average Bonchev–Trinajstić information content (AvgIpc) is 2.48. The average molecular weight is 274 g/mol. The summed E-state index contributed by atoms with van der Waals surface area (Å²) in [6, 6.07) is 12.1. The fourth-order valence-corrected chi connectivity index (χ4v) is 2.06. The predicted octanol–water partition coefficient (Wildman–Crippen LogP) is 2.69. The van der Waals surface area contributed by atoms with Gasteiger partial charge in [0.2, 0.25) is 0 Å². The highest BCUT2D eigenvalue weighted by Crippen LogP contribution is 2.31. The smallest absolute Gasteiger partial charge is 0.128 e. The molecule has 2 aromatic rings. The Balaban J connectivity index is 2.20. The van der Waals surface area contributed by atoms with Crippen molar-refractivity contribution in [3.05, 3.63) is 53.6 Å². The van der Waals surface area contributed by atoms with Gasteiger partial charge in [-0.15, -0.1) is 0 Å². The summed E-state index contributed by atoms with van der Waals surface area (Å²) < 4.78 is 10.4. The summed E-state index contributed by atoms with van der Waals surface area (Å²) in [5.74, 6) is 1.49. The molecule has 0 bridgehead atoms. The molecule has 0 aromatic heterocycles. The van der Waals surface area contributed by atoms with Crippen LogP contribution in [0.5, 0.6) is 17.2 Å². The highest BCUT2D eigenvalue weighted by molar-refractivity contribution is 5.42. The zero-order chi connectivity index (χ0) is 14.5. The van der Waals surface area contributed by atoms with E-state index in [1.165, 1.54) is 0 Å². The van der Waals surface area contributed by atoms with Crippen LogP contribution in [0.25, 0.3) is 0 Å². The normalized spacial score (nSPS) is 11.9. The van der Waals surface area contributed by atoms with Gasteiger partial charge in [0.15, 0.2) is 0 Å². The third-order valence-corrected chi connectivity index (χ3v) is 3.17. The lowest BCUT2D eigenvalue weighted by molar-refractivity contribution is 0.174. The van der Waals surface area contributed by atoms with E-state index >= 15 is 0 Å². The molecular weight excluding hydrogens is 256 g/mol. The first-order valence-corrected chi connectivity index (χ1v) is 6.32. The molecule has 20 heavy (non-hydrogen) atoms. The van der Waals surface area contributed by atoms with Crippen molar-refractivity contribution in [1.82, 2.24) is 0 Å². The minimum absolute atomic E-state index is 0.213. The van der Waals surface area contributed by atoms with Gasteiger partial charge in [-0.25, -0.2) is 0 Å². The molecule has 0 amide bonds. The van der Waals surface area contributed by atoms with Gasteiger partial charge in [-0.3, -0.25) is 0 Å². The molecule has 0 heterocycles. The zero-order valence-electron chi connectivity index (χ0n) is 11.5. The summed E-state index contributed by atoms with van der Waals surface area (Å²) >= 11 is 0. The number of methoxy groups -OCH3 is 2. The maximum atomic E-state index is 10.3. The molecule has 2 rings (SSSR count). The van der Waals surface area contributed by atoms with E-state index in [0.29, 0.717) is 23.5 Å². The van der Waals surface area contributed by atoms with Crippen LogP contribution in [0.2, 0.25) is 0 Å². The van der Waals surface area contributed by atoms with Crippen molar-refractivity contribution < 1.29 is 19.7 Å². The molecule has 4 heteroatoms. The summed E-state index contributed by atoms with van der Waals surface area (Å²) in [7, 11) is 3.15. The molecule has 0 radical (unpaired) electrons. The molecule has 0 spiro atoms. The summed E-state index contributed by atoms with van der Waals surface area (Å²) in [6.45, 7) is 0. The molecule has 1 unspecified atom stereocenters. The molecule has 0 saturated carbocycles. The number of phenolic OH excluding ortho intramolecular Hbond substituents is 1. The van der Waals surface area contributed by atoms with Crippen molar-refractivity contribution in [2.45, 2.75) is 12.5 Å². The lowest BCUT2D eigenvalue weighted by Gasteiger charge is -2.16. The van der Waals surface area contributed by atoms with Gasteiger partial charge in [0.1, 0.15) is 17.2 Å². The standard InChI is InChI=1S/C16H18O4/c1-19-13-7-8-14(16(10-13)20-2)15(18)9-11-3-5-12(17)6-4-11/h3-8,10,15,17-18H,9H2,1-2H3. The van der Waals surface area contributed by atoms with E-state index in [1.807, 2.05) is 0 Å². The maximum Gasteiger partial charge on any atom is 0.128 e. The number of aromatic hydroxyl groups is 1. The first-order chi connectivity index (χ1) is 9.63. The van der Waals surface area contributed by atoms with Crippen LogP contribution in [0.1, 0.15) is 17.2 Å². The van der Waals surface area contributed by atoms with E-state index in [-0.39, 0.29) is 5.75 Å². The van der Waals surface area contributed by atoms with Crippen LogP contribution in [-0.4, -0.2) is 24.4 Å². The Bertz CT molecular complexity index is 563. The van der Waals surface area contributed by atoms with Gasteiger partial charge in [-0.2, -0.15) is 0 Å².